The number of nitrogens with one attached hydrogen (secondary N) is 1. The highest BCUT2D eigenvalue weighted by Gasteiger charge is 2.29. The van der Waals surface area contributed by atoms with E-state index in [9.17, 15) is 9.59 Å². The van der Waals surface area contributed by atoms with E-state index in [4.69, 9.17) is 0 Å². The summed E-state index contributed by atoms with van der Waals surface area (Å²) >= 11 is 0. The summed E-state index contributed by atoms with van der Waals surface area (Å²) in [5.41, 5.74) is 0. The molecule has 14 heavy (non-hydrogen) atoms. The smallest absolute Gasteiger partial charge is 0.407 e. The molecule has 4 heteroatoms. The highest BCUT2D eigenvalue weighted by Crippen LogP contribution is 2.27. The van der Waals surface area contributed by atoms with E-state index >= 15 is 0 Å². The zero-order chi connectivity index (χ0) is 10.6. The topological polar surface area (TPSA) is 55.4 Å². The molecule has 1 fully saturated rings. The van der Waals surface area contributed by atoms with Gasteiger partial charge in [0.25, 0.3) is 0 Å². The van der Waals surface area contributed by atoms with Crippen LogP contribution in [0.15, 0.2) is 0 Å². The second-order valence-electron chi connectivity index (χ2n) is 3.66. The van der Waals surface area contributed by atoms with Gasteiger partial charge in [-0.05, 0) is 19.3 Å². The molecule has 0 spiro atoms. The molecule has 0 aromatic rings. The highest BCUT2D eigenvalue weighted by atomic mass is 16.5. The van der Waals surface area contributed by atoms with Crippen molar-refractivity contribution in [2.24, 2.45) is 5.92 Å². The summed E-state index contributed by atoms with van der Waals surface area (Å²) in [7, 11) is 1.35. The van der Waals surface area contributed by atoms with Gasteiger partial charge in [0.15, 0.2) is 0 Å². The lowest BCUT2D eigenvalue weighted by atomic mass is 10.0. The number of carbonyl (C=O) groups is 2. The fourth-order valence-corrected chi connectivity index (χ4v) is 1.92. The molecule has 1 amide bonds. The van der Waals surface area contributed by atoms with E-state index in [2.05, 4.69) is 10.1 Å². The summed E-state index contributed by atoms with van der Waals surface area (Å²) in [6, 6.07) is 0.114. The molecule has 80 valence electrons. The third-order valence-electron chi connectivity index (χ3n) is 2.74. The predicted molar refractivity (Wildman–Crippen MR) is 52.0 cm³/mol. The van der Waals surface area contributed by atoms with Gasteiger partial charge in [-0.1, -0.05) is 6.92 Å². The lowest BCUT2D eigenvalue weighted by Crippen LogP contribution is -2.33. The van der Waals surface area contributed by atoms with Gasteiger partial charge in [0, 0.05) is 18.4 Å². The third kappa shape index (κ3) is 2.72. The van der Waals surface area contributed by atoms with Crippen LogP contribution in [0.3, 0.4) is 0 Å². The van der Waals surface area contributed by atoms with Gasteiger partial charge >= 0.3 is 6.09 Å². The molecule has 0 unspecified atom stereocenters. The van der Waals surface area contributed by atoms with Crippen LogP contribution < -0.4 is 5.32 Å². The highest BCUT2D eigenvalue weighted by molar-refractivity contribution is 5.81. The number of Topliss-reactive ketones (excluding diaryl/α,β-unsaturated/α-hetero) is 1. The van der Waals surface area contributed by atoms with Crippen LogP contribution in [0.25, 0.3) is 0 Å². The first-order valence-electron chi connectivity index (χ1n) is 5.04. The Kier molecular flexibility index (Phi) is 3.92. The Morgan fingerprint density at radius 2 is 2.14 bits per heavy atom. The van der Waals surface area contributed by atoms with Gasteiger partial charge in [-0.3, -0.25) is 4.79 Å². The molecule has 1 aliphatic carbocycles. The lowest BCUT2D eigenvalue weighted by molar-refractivity contribution is -0.122. The number of hydrogen-bond acceptors (Lipinski definition) is 3. The van der Waals surface area contributed by atoms with Gasteiger partial charge in [-0.15, -0.1) is 0 Å². The average molecular weight is 199 g/mol. The van der Waals surface area contributed by atoms with Crippen molar-refractivity contribution in [1.29, 1.82) is 0 Å². The number of hydrogen-bond donors (Lipinski definition) is 1. The number of ether oxygens (including phenoxy) is 1. The molecular weight excluding hydrogens is 182 g/mol. The van der Waals surface area contributed by atoms with Gasteiger partial charge in [0.1, 0.15) is 5.78 Å². The summed E-state index contributed by atoms with van der Waals surface area (Å²) in [5, 5.41) is 2.72. The van der Waals surface area contributed by atoms with E-state index in [-0.39, 0.29) is 12.0 Å². The Hall–Kier alpha value is -1.06. The monoisotopic (exact) mass is 199 g/mol. The molecule has 0 aromatic heterocycles. The van der Waals surface area contributed by atoms with Crippen LogP contribution in [0.5, 0.6) is 0 Å². The number of ketones is 1. The fourth-order valence-electron chi connectivity index (χ4n) is 1.92. The van der Waals surface area contributed by atoms with Crippen LogP contribution in [0.1, 0.15) is 32.6 Å². The maximum absolute atomic E-state index is 11.4. The number of carbonyl (C=O) groups excluding carboxylic acids is 2. The largest absolute Gasteiger partial charge is 0.453 e. The Balaban J connectivity index is 2.34. The molecule has 1 N–H and O–H groups in total. The van der Waals surface area contributed by atoms with Crippen molar-refractivity contribution in [3.63, 3.8) is 0 Å². The van der Waals surface area contributed by atoms with E-state index in [1.54, 1.807) is 0 Å². The standard InChI is InChI=1S/C10H17NO3/c1-3-9(12)7-4-5-8(6-7)11-10(13)14-2/h7-8H,3-6H2,1-2H3,(H,11,13)/t7-,8+/m1/s1. The predicted octanol–water partition coefficient (Wildman–Crippen LogP) is 1.49. The summed E-state index contributed by atoms with van der Waals surface area (Å²) in [6.07, 6.45) is 2.73. The zero-order valence-electron chi connectivity index (χ0n) is 8.71. The van der Waals surface area contributed by atoms with E-state index in [1.165, 1.54) is 7.11 Å². The van der Waals surface area contributed by atoms with Crippen LogP contribution in [-0.2, 0) is 9.53 Å². The molecule has 0 aliphatic heterocycles. The summed E-state index contributed by atoms with van der Waals surface area (Å²) in [5.74, 6) is 0.446. The van der Waals surface area contributed by atoms with E-state index in [0.717, 1.165) is 19.3 Å². The van der Waals surface area contributed by atoms with Crippen LogP contribution in [0, 0.1) is 5.92 Å². The van der Waals surface area contributed by atoms with Crippen LogP contribution in [0.4, 0.5) is 4.79 Å². The molecule has 1 rings (SSSR count). The Bertz CT molecular complexity index is 227. The maximum Gasteiger partial charge on any atom is 0.407 e. The lowest BCUT2D eigenvalue weighted by Gasteiger charge is -2.11. The third-order valence-corrected chi connectivity index (χ3v) is 2.74. The summed E-state index contributed by atoms with van der Waals surface area (Å²) in [6.45, 7) is 1.88. The zero-order valence-corrected chi connectivity index (χ0v) is 8.71. The fraction of sp³-hybridized carbons (Fsp3) is 0.800. The number of alkyl carbamates (subject to hydrolysis) is 1. The Morgan fingerprint density at radius 3 is 2.71 bits per heavy atom. The first-order chi connectivity index (χ1) is 6.67. The van der Waals surface area contributed by atoms with Gasteiger partial charge < -0.3 is 10.1 Å². The minimum atomic E-state index is -0.403. The summed E-state index contributed by atoms with van der Waals surface area (Å²) < 4.78 is 4.50. The quantitative estimate of drug-likeness (QED) is 0.749. The molecule has 4 nitrogen and oxygen atoms in total. The summed E-state index contributed by atoms with van der Waals surface area (Å²) in [4.78, 5) is 22.3. The molecule has 0 radical (unpaired) electrons. The van der Waals surface area contributed by atoms with E-state index in [0.29, 0.717) is 12.2 Å². The Labute approximate surface area is 84.0 Å². The van der Waals surface area contributed by atoms with Gasteiger partial charge in [-0.2, -0.15) is 0 Å². The SMILES string of the molecule is CCC(=O)[C@@H]1CC[C@H](NC(=O)OC)C1. The maximum atomic E-state index is 11.4. The van der Waals surface area contributed by atoms with E-state index < -0.39 is 6.09 Å². The second kappa shape index (κ2) is 4.98. The molecule has 2 atom stereocenters. The first-order valence-corrected chi connectivity index (χ1v) is 5.04. The minimum Gasteiger partial charge on any atom is -0.453 e. The average Bonchev–Trinajstić information content (AvgIpc) is 2.65. The number of rotatable bonds is 3. The first kappa shape index (κ1) is 11.0. The number of methoxy groups -OCH3 is 1. The van der Waals surface area contributed by atoms with Crippen molar-refractivity contribution in [3.8, 4) is 0 Å². The molecule has 1 aliphatic rings. The van der Waals surface area contributed by atoms with Crippen molar-refractivity contribution in [2.45, 2.75) is 38.6 Å². The van der Waals surface area contributed by atoms with Crippen LogP contribution in [0.2, 0.25) is 0 Å². The molecule has 0 saturated heterocycles. The van der Waals surface area contributed by atoms with Crippen molar-refractivity contribution in [3.05, 3.63) is 0 Å². The molecular formula is C10H17NO3. The van der Waals surface area contributed by atoms with Crippen molar-refractivity contribution < 1.29 is 14.3 Å². The normalized spacial score (nSPS) is 25.9. The van der Waals surface area contributed by atoms with Crippen molar-refractivity contribution >= 4 is 11.9 Å². The van der Waals surface area contributed by atoms with Crippen LogP contribution in [-0.4, -0.2) is 25.0 Å². The molecule has 0 bridgehead atoms. The van der Waals surface area contributed by atoms with Crippen LogP contribution >= 0.6 is 0 Å². The van der Waals surface area contributed by atoms with Crippen molar-refractivity contribution in [2.75, 3.05) is 7.11 Å². The van der Waals surface area contributed by atoms with E-state index in [1.807, 2.05) is 6.92 Å². The van der Waals surface area contributed by atoms with Gasteiger partial charge in [0.05, 0.1) is 7.11 Å². The molecule has 1 saturated carbocycles. The second-order valence-corrected chi connectivity index (χ2v) is 3.66. The molecule has 0 aromatic carbocycles. The Morgan fingerprint density at radius 1 is 1.43 bits per heavy atom. The number of amides is 1. The van der Waals surface area contributed by atoms with Crippen molar-refractivity contribution in [1.82, 2.24) is 5.32 Å². The van der Waals surface area contributed by atoms with Gasteiger partial charge in [0.2, 0.25) is 0 Å². The minimum absolute atomic E-state index is 0.114. The van der Waals surface area contributed by atoms with Gasteiger partial charge in [-0.25, -0.2) is 4.79 Å². The molecule has 0 heterocycles.